The fourth-order valence-electron chi connectivity index (χ4n) is 2.46. The molecule has 1 aromatic rings. The molecule has 2 heterocycles. The lowest BCUT2D eigenvalue weighted by Gasteiger charge is -2.14. The van der Waals surface area contributed by atoms with E-state index in [2.05, 4.69) is 11.0 Å². The van der Waals surface area contributed by atoms with Crippen molar-refractivity contribution in [3.63, 3.8) is 0 Å². The highest BCUT2D eigenvalue weighted by atomic mass is 16.3. The fraction of sp³-hybridized carbons (Fsp3) is 0.636. The molecule has 2 N–H and O–H groups in total. The maximum atomic E-state index is 5.53. The molecule has 2 unspecified atom stereocenters. The molecule has 1 aliphatic carbocycles. The Bertz CT molecular complexity index is 324. The Morgan fingerprint density at radius 3 is 2.86 bits per heavy atom. The average molecular weight is 192 g/mol. The van der Waals surface area contributed by atoms with Crippen molar-refractivity contribution >= 4 is 0 Å². The molecule has 2 atom stereocenters. The van der Waals surface area contributed by atoms with E-state index in [1.54, 1.807) is 6.26 Å². The molecule has 3 heteroatoms. The van der Waals surface area contributed by atoms with Gasteiger partial charge in [0.05, 0.1) is 12.8 Å². The summed E-state index contributed by atoms with van der Waals surface area (Å²) in [5, 5.41) is 0. The van der Waals surface area contributed by atoms with Gasteiger partial charge in [0.25, 0.3) is 0 Å². The monoisotopic (exact) mass is 192 g/mol. The standard InChI is InChI=1S/C11H16N2O/c12-3-8-1-11(14-7-8)6-13-4-9-2-10(9)5-13/h1,7,9-10H,2-6,12H2. The number of furan rings is 1. The summed E-state index contributed by atoms with van der Waals surface area (Å²) in [6.07, 6.45) is 3.23. The summed E-state index contributed by atoms with van der Waals surface area (Å²) in [6, 6.07) is 2.07. The Hall–Kier alpha value is -0.800. The van der Waals surface area contributed by atoms with Crippen molar-refractivity contribution in [2.45, 2.75) is 19.5 Å². The highest BCUT2D eigenvalue weighted by Gasteiger charge is 2.44. The minimum atomic E-state index is 0.578. The van der Waals surface area contributed by atoms with Crippen LogP contribution in [0.4, 0.5) is 0 Å². The summed E-state index contributed by atoms with van der Waals surface area (Å²) in [5.74, 6) is 3.06. The molecule has 14 heavy (non-hydrogen) atoms. The predicted molar refractivity (Wildman–Crippen MR) is 53.5 cm³/mol. The van der Waals surface area contributed by atoms with Crippen molar-refractivity contribution in [3.05, 3.63) is 23.7 Å². The zero-order chi connectivity index (χ0) is 9.54. The largest absolute Gasteiger partial charge is 0.468 e. The summed E-state index contributed by atoms with van der Waals surface area (Å²) in [7, 11) is 0. The van der Waals surface area contributed by atoms with Gasteiger partial charge in [-0.2, -0.15) is 0 Å². The molecule has 1 aliphatic heterocycles. The lowest BCUT2D eigenvalue weighted by atomic mass is 10.3. The first-order chi connectivity index (χ1) is 6.85. The van der Waals surface area contributed by atoms with Gasteiger partial charge in [0, 0.05) is 25.2 Å². The quantitative estimate of drug-likeness (QED) is 0.782. The molecule has 1 saturated carbocycles. The van der Waals surface area contributed by atoms with Gasteiger partial charge in [0.15, 0.2) is 0 Å². The number of hydrogen-bond donors (Lipinski definition) is 1. The first kappa shape index (κ1) is 8.50. The molecule has 0 radical (unpaired) electrons. The molecule has 0 amide bonds. The maximum absolute atomic E-state index is 5.53. The minimum Gasteiger partial charge on any atom is -0.468 e. The van der Waals surface area contributed by atoms with Gasteiger partial charge in [0.2, 0.25) is 0 Å². The number of piperidine rings is 1. The predicted octanol–water partition coefficient (Wildman–Crippen LogP) is 1.19. The third-order valence-electron chi connectivity index (χ3n) is 3.38. The number of rotatable bonds is 3. The molecule has 2 aliphatic rings. The van der Waals surface area contributed by atoms with Crippen LogP contribution in [0.5, 0.6) is 0 Å². The second kappa shape index (κ2) is 3.11. The van der Waals surface area contributed by atoms with Crippen molar-refractivity contribution in [1.29, 1.82) is 0 Å². The van der Waals surface area contributed by atoms with Gasteiger partial charge in [-0.3, -0.25) is 4.90 Å². The van der Waals surface area contributed by atoms with Gasteiger partial charge >= 0.3 is 0 Å². The van der Waals surface area contributed by atoms with Gasteiger partial charge in [-0.15, -0.1) is 0 Å². The lowest BCUT2D eigenvalue weighted by molar-refractivity contribution is 0.270. The van der Waals surface area contributed by atoms with Gasteiger partial charge in [-0.1, -0.05) is 0 Å². The second-order valence-electron chi connectivity index (χ2n) is 4.58. The van der Waals surface area contributed by atoms with Crippen LogP contribution < -0.4 is 5.73 Å². The van der Waals surface area contributed by atoms with Crippen LogP contribution in [0.1, 0.15) is 17.7 Å². The van der Waals surface area contributed by atoms with Crippen molar-refractivity contribution in [3.8, 4) is 0 Å². The topological polar surface area (TPSA) is 42.4 Å². The maximum Gasteiger partial charge on any atom is 0.118 e. The third kappa shape index (κ3) is 1.47. The van der Waals surface area contributed by atoms with E-state index in [0.717, 1.165) is 29.7 Å². The first-order valence-corrected chi connectivity index (χ1v) is 5.34. The van der Waals surface area contributed by atoms with E-state index in [0.29, 0.717) is 6.54 Å². The molecule has 3 rings (SSSR count). The summed E-state index contributed by atoms with van der Waals surface area (Å²) in [6.45, 7) is 4.08. The van der Waals surface area contributed by atoms with Crippen LogP contribution in [0, 0.1) is 11.8 Å². The van der Waals surface area contributed by atoms with Crippen LogP contribution >= 0.6 is 0 Å². The van der Waals surface area contributed by atoms with Gasteiger partial charge in [0.1, 0.15) is 5.76 Å². The van der Waals surface area contributed by atoms with Crippen molar-refractivity contribution < 1.29 is 4.42 Å². The fourth-order valence-corrected chi connectivity index (χ4v) is 2.46. The zero-order valence-corrected chi connectivity index (χ0v) is 8.28. The molecule has 2 fully saturated rings. The highest BCUT2D eigenvalue weighted by molar-refractivity contribution is 5.12. The molecular weight excluding hydrogens is 176 g/mol. The van der Waals surface area contributed by atoms with Crippen molar-refractivity contribution in [1.82, 2.24) is 4.90 Å². The zero-order valence-electron chi connectivity index (χ0n) is 8.28. The minimum absolute atomic E-state index is 0.578. The average Bonchev–Trinajstić information content (AvgIpc) is 2.66. The number of likely N-dealkylation sites (tertiary alicyclic amines) is 1. The molecule has 3 nitrogen and oxygen atoms in total. The SMILES string of the molecule is NCc1coc(CN2CC3CC3C2)c1. The third-order valence-corrected chi connectivity index (χ3v) is 3.38. The number of nitrogens with zero attached hydrogens (tertiary/aromatic N) is 1. The Morgan fingerprint density at radius 2 is 2.21 bits per heavy atom. The molecule has 0 aromatic carbocycles. The normalized spacial score (nSPS) is 30.6. The van der Waals surface area contributed by atoms with E-state index in [9.17, 15) is 0 Å². The molecular formula is C11H16N2O. The van der Waals surface area contributed by atoms with E-state index < -0.39 is 0 Å². The molecule has 1 aromatic heterocycles. The molecule has 0 bridgehead atoms. The lowest BCUT2D eigenvalue weighted by Crippen LogP contribution is -2.21. The summed E-state index contributed by atoms with van der Waals surface area (Å²) in [5.41, 5.74) is 6.63. The highest BCUT2D eigenvalue weighted by Crippen LogP contribution is 2.45. The van der Waals surface area contributed by atoms with Gasteiger partial charge in [-0.05, 0) is 24.3 Å². The van der Waals surface area contributed by atoms with Crippen LogP contribution in [-0.4, -0.2) is 18.0 Å². The van der Waals surface area contributed by atoms with Crippen LogP contribution in [0.15, 0.2) is 16.7 Å². The number of fused-ring (bicyclic) bond motifs is 1. The molecule has 1 saturated heterocycles. The van der Waals surface area contributed by atoms with Crippen molar-refractivity contribution in [2.24, 2.45) is 17.6 Å². The Morgan fingerprint density at radius 1 is 1.43 bits per heavy atom. The summed E-state index contributed by atoms with van der Waals surface area (Å²) < 4.78 is 5.45. The first-order valence-electron chi connectivity index (χ1n) is 5.34. The van der Waals surface area contributed by atoms with E-state index in [4.69, 9.17) is 10.2 Å². The Labute approximate surface area is 83.9 Å². The summed E-state index contributed by atoms with van der Waals surface area (Å²) in [4.78, 5) is 2.48. The van der Waals surface area contributed by atoms with E-state index in [1.807, 2.05) is 0 Å². The Balaban J connectivity index is 1.61. The smallest absolute Gasteiger partial charge is 0.118 e. The van der Waals surface area contributed by atoms with E-state index >= 15 is 0 Å². The number of nitrogens with two attached hydrogens (primary N) is 1. The van der Waals surface area contributed by atoms with Crippen LogP contribution in [0.25, 0.3) is 0 Å². The van der Waals surface area contributed by atoms with Gasteiger partial charge in [-0.25, -0.2) is 0 Å². The molecule has 76 valence electrons. The summed E-state index contributed by atoms with van der Waals surface area (Å²) >= 11 is 0. The van der Waals surface area contributed by atoms with Gasteiger partial charge < -0.3 is 10.2 Å². The molecule has 0 spiro atoms. The number of hydrogen-bond acceptors (Lipinski definition) is 3. The van der Waals surface area contributed by atoms with Crippen LogP contribution in [0.3, 0.4) is 0 Å². The second-order valence-corrected chi connectivity index (χ2v) is 4.58. The van der Waals surface area contributed by atoms with E-state index in [1.165, 1.54) is 19.5 Å². The Kier molecular flexibility index (Phi) is 1.89. The van der Waals surface area contributed by atoms with E-state index in [-0.39, 0.29) is 0 Å². The van der Waals surface area contributed by atoms with Crippen LogP contribution in [0.2, 0.25) is 0 Å². The van der Waals surface area contributed by atoms with Crippen molar-refractivity contribution in [2.75, 3.05) is 13.1 Å². The van der Waals surface area contributed by atoms with Crippen LogP contribution in [-0.2, 0) is 13.1 Å².